The van der Waals surface area contributed by atoms with Crippen molar-refractivity contribution in [3.05, 3.63) is 47.4 Å². The number of imidazole rings is 1. The summed E-state index contributed by atoms with van der Waals surface area (Å²) >= 11 is 8.01. The van der Waals surface area contributed by atoms with Gasteiger partial charge in [0.2, 0.25) is 0 Å². The maximum absolute atomic E-state index is 12.5. The number of nitrogens with zero attached hydrogens (tertiary/aromatic N) is 2. The van der Waals surface area contributed by atoms with Crippen molar-refractivity contribution in [3.8, 4) is 0 Å². The summed E-state index contributed by atoms with van der Waals surface area (Å²) in [5.41, 5.74) is 1.08. The lowest BCUT2D eigenvalue weighted by Gasteiger charge is -2.19. The van der Waals surface area contributed by atoms with Crippen molar-refractivity contribution >= 4 is 33.4 Å². The van der Waals surface area contributed by atoms with Crippen LogP contribution in [0.4, 0.5) is 0 Å². The molecule has 1 fully saturated rings. The Hall–Kier alpha value is -1.02. The smallest absolute Gasteiger partial charge is 0.260 e. The molecular formula is C14H16ClN3O2S2. The molecule has 0 bridgehead atoms. The summed E-state index contributed by atoms with van der Waals surface area (Å²) in [6, 6.07) is 7.76. The molecule has 1 aromatic carbocycles. The van der Waals surface area contributed by atoms with Gasteiger partial charge in [0.05, 0.1) is 12.5 Å². The van der Waals surface area contributed by atoms with Gasteiger partial charge in [-0.1, -0.05) is 29.8 Å². The summed E-state index contributed by atoms with van der Waals surface area (Å²) in [6.45, 7) is 0.969. The number of aromatic amines is 1. The third kappa shape index (κ3) is 3.17. The fraction of sp³-hybridized carbons (Fsp3) is 0.357. The van der Waals surface area contributed by atoms with E-state index in [1.165, 1.54) is 16.8 Å². The van der Waals surface area contributed by atoms with Gasteiger partial charge in [0.1, 0.15) is 0 Å². The molecule has 8 heteroatoms. The minimum Gasteiger partial charge on any atom is -0.335 e. The van der Waals surface area contributed by atoms with Gasteiger partial charge in [-0.15, -0.1) is 0 Å². The van der Waals surface area contributed by atoms with Crippen molar-refractivity contribution < 1.29 is 8.42 Å². The zero-order valence-corrected chi connectivity index (χ0v) is 14.2. The molecule has 0 radical (unpaired) electrons. The van der Waals surface area contributed by atoms with Crippen LogP contribution >= 0.6 is 23.4 Å². The lowest BCUT2D eigenvalue weighted by Crippen LogP contribution is -2.33. The molecular weight excluding hydrogens is 342 g/mol. The second kappa shape index (κ2) is 6.62. The number of hydrogen-bond acceptors (Lipinski definition) is 4. The molecule has 1 N–H and O–H groups in total. The third-order valence-electron chi connectivity index (χ3n) is 3.64. The fourth-order valence-electron chi connectivity index (χ4n) is 2.50. The minimum absolute atomic E-state index is 0.147. The lowest BCUT2D eigenvalue weighted by molar-refractivity contribution is 0.426. The van der Waals surface area contributed by atoms with Gasteiger partial charge < -0.3 is 4.98 Å². The Labute approximate surface area is 139 Å². The van der Waals surface area contributed by atoms with E-state index in [9.17, 15) is 8.42 Å². The van der Waals surface area contributed by atoms with E-state index in [4.69, 9.17) is 11.6 Å². The Morgan fingerprint density at radius 1 is 1.32 bits per heavy atom. The number of H-pyrrole nitrogens is 1. The van der Waals surface area contributed by atoms with Crippen LogP contribution in [0.3, 0.4) is 0 Å². The molecule has 2 heterocycles. The number of halogens is 1. The van der Waals surface area contributed by atoms with Crippen LogP contribution in [0.25, 0.3) is 0 Å². The van der Waals surface area contributed by atoms with Gasteiger partial charge >= 0.3 is 0 Å². The first-order chi connectivity index (χ1) is 10.6. The van der Waals surface area contributed by atoms with E-state index in [1.54, 1.807) is 11.8 Å². The summed E-state index contributed by atoms with van der Waals surface area (Å²) in [7, 11) is -3.49. The van der Waals surface area contributed by atoms with Crippen molar-refractivity contribution in [3.63, 3.8) is 0 Å². The average Bonchev–Trinajstić information content (AvgIpc) is 2.94. The molecule has 22 heavy (non-hydrogen) atoms. The molecule has 1 aromatic heterocycles. The van der Waals surface area contributed by atoms with E-state index in [1.807, 2.05) is 24.3 Å². The zero-order chi connectivity index (χ0) is 15.6. The molecule has 1 aliphatic heterocycles. The van der Waals surface area contributed by atoms with E-state index >= 15 is 0 Å². The second-order valence-electron chi connectivity index (χ2n) is 4.99. The van der Waals surface area contributed by atoms with Crippen molar-refractivity contribution in [1.29, 1.82) is 0 Å². The van der Waals surface area contributed by atoms with Gasteiger partial charge in [-0.2, -0.15) is 16.1 Å². The van der Waals surface area contributed by atoms with E-state index in [0.717, 1.165) is 22.8 Å². The fourth-order valence-corrected chi connectivity index (χ4v) is 5.56. The van der Waals surface area contributed by atoms with Crippen molar-refractivity contribution in [2.45, 2.75) is 16.7 Å². The maximum Gasteiger partial charge on any atom is 0.260 e. The second-order valence-corrected chi connectivity index (χ2v) is 8.61. The number of benzene rings is 1. The number of thioether (sulfide) groups is 1. The molecule has 118 valence electrons. The van der Waals surface area contributed by atoms with Crippen LogP contribution in [0, 0.1) is 0 Å². The first-order valence-electron chi connectivity index (χ1n) is 6.93. The molecule has 5 nitrogen and oxygen atoms in total. The molecule has 1 aliphatic rings. The van der Waals surface area contributed by atoms with Crippen LogP contribution in [-0.4, -0.2) is 41.5 Å². The van der Waals surface area contributed by atoms with Gasteiger partial charge in [-0.25, -0.2) is 13.4 Å². The van der Waals surface area contributed by atoms with Crippen molar-refractivity contribution in [1.82, 2.24) is 14.3 Å². The molecule has 0 spiro atoms. The van der Waals surface area contributed by atoms with E-state index in [-0.39, 0.29) is 10.3 Å². The first-order valence-corrected chi connectivity index (χ1v) is 9.80. The van der Waals surface area contributed by atoms with Gasteiger partial charge in [-0.05, 0) is 18.1 Å². The predicted octanol–water partition coefficient (Wildman–Crippen LogP) is 2.93. The molecule has 3 rings (SSSR count). The van der Waals surface area contributed by atoms with E-state index < -0.39 is 10.0 Å². The quantitative estimate of drug-likeness (QED) is 0.917. The summed E-state index contributed by atoms with van der Waals surface area (Å²) in [5, 5.41) is 1.11. The number of sulfonamides is 1. The molecule has 1 saturated heterocycles. The maximum atomic E-state index is 12.5. The van der Waals surface area contributed by atoms with Gasteiger partial charge in [0.15, 0.2) is 5.03 Å². The lowest BCUT2D eigenvalue weighted by atomic mass is 10.1. The molecule has 1 atom stereocenters. The highest BCUT2D eigenvalue weighted by Crippen LogP contribution is 2.38. The number of aromatic nitrogens is 2. The van der Waals surface area contributed by atoms with Crippen LogP contribution in [0.5, 0.6) is 0 Å². The third-order valence-corrected chi connectivity index (χ3v) is 7.12. The van der Waals surface area contributed by atoms with Crippen molar-refractivity contribution in [2.24, 2.45) is 0 Å². The monoisotopic (exact) mass is 357 g/mol. The van der Waals surface area contributed by atoms with Gasteiger partial charge in [-0.3, -0.25) is 0 Å². The Bertz CT molecular complexity index is 734. The molecule has 1 unspecified atom stereocenters. The van der Waals surface area contributed by atoms with Crippen LogP contribution in [0.15, 0.2) is 41.8 Å². The standard InChI is InChI=1S/C14H16ClN3O2S2/c15-12-4-2-1-3-11(12)13-5-6-18(7-8-21-13)22(19,20)14-9-16-10-17-14/h1-4,9-10,13H,5-8H2,(H,16,17). The van der Waals surface area contributed by atoms with Gasteiger partial charge in [0, 0.05) is 29.1 Å². The summed E-state index contributed by atoms with van der Waals surface area (Å²) in [4.78, 5) is 6.48. The topological polar surface area (TPSA) is 66.1 Å². The number of rotatable bonds is 3. The normalized spacial score (nSPS) is 20.7. The Morgan fingerprint density at radius 3 is 2.86 bits per heavy atom. The minimum atomic E-state index is -3.49. The van der Waals surface area contributed by atoms with Gasteiger partial charge in [0.25, 0.3) is 10.0 Å². The summed E-state index contributed by atoms with van der Waals surface area (Å²) in [6.07, 6.45) is 3.46. The molecule has 2 aromatic rings. The Balaban J connectivity index is 1.77. The largest absolute Gasteiger partial charge is 0.335 e. The molecule has 0 amide bonds. The SMILES string of the molecule is O=S(=O)(c1cnc[nH]1)N1CCSC(c2ccccc2Cl)CC1. The van der Waals surface area contributed by atoms with Crippen LogP contribution < -0.4 is 0 Å². The first kappa shape index (κ1) is 15.9. The zero-order valence-electron chi connectivity index (χ0n) is 11.8. The van der Waals surface area contributed by atoms with Crippen LogP contribution in [0.2, 0.25) is 5.02 Å². The van der Waals surface area contributed by atoms with Crippen molar-refractivity contribution in [2.75, 3.05) is 18.8 Å². The Kier molecular flexibility index (Phi) is 4.77. The van der Waals surface area contributed by atoms with Crippen LogP contribution in [-0.2, 0) is 10.0 Å². The van der Waals surface area contributed by atoms with Crippen LogP contribution in [0.1, 0.15) is 17.2 Å². The highest BCUT2D eigenvalue weighted by molar-refractivity contribution is 7.99. The summed E-state index contributed by atoms with van der Waals surface area (Å²) in [5.74, 6) is 0.739. The number of nitrogens with one attached hydrogen (secondary N) is 1. The highest BCUT2D eigenvalue weighted by atomic mass is 35.5. The average molecular weight is 358 g/mol. The molecule has 0 saturated carbocycles. The highest BCUT2D eigenvalue weighted by Gasteiger charge is 2.29. The Morgan fingerprint density at radius 2 is 2.14 bits per heavy atom. The van der Waals surface area contributed by atoms with E-state index in [0.29, 0.717) is 13.1 Å². The predicted molar refractivity (Wildman–Crippen MR) is 88.6 cm³/mol. The molecule has 0 aliphatic carbocycles. The number of hydrogen-bond donors (Lipinski definition) is 1. The summed E-state index contributed by atoms with van der Waals surface area (Å²) < 4.78 is 26.6. The van der Waals surface area contributed by atoms with E-state index in [2.05, 4.69) is 9.97 Å².